The lowest BCUT2D eigenvalue weighted by Crippen LogP contribution is -2.00. The van der Waals surface area contributed by atoms with Crippen LogP contribution in [0.2, 0.25) is 0 Å². The quantitative estimate of drug-likeness (QED) is 0.734. The molecule has 21 heavy (non-hydrogen) atoms. The van der Waals surface area contributed by atoms with Crippen LogP contribution in [0.1, 0.15) is 5.56 Å². The minimum Gasteiger partial charge on any atom is -0.396 e. The normalized spacial score (nSPS) is 10.3. The second-order valence-electron chi connectivity index (χ2n) is 4.53. The number of rotatable bonds is 2. The number of halogens is 1. The van der Waals surface area contributed by atoms with Crippen LogP contribution in [0.25, 0.3) is 10.9 Å². The van der Waals surface area contributed by atoms with Crippen molar-refractivity contribution < 1.29 is 0 Å². The molecule has 0 radical (unpaired) electrons. The summed E-state index contributed by atoms with van der Waals surface area (Å²) in [5, 5.41) is 13.3. The molecule has 0 saturated heterocycles. The number of pyridine rings is 1. The highest BCUT2D eigenvalue weighted by Crippen LogP contribution is 2.33. The number of nitrogens with zero attached hydrogens (tertiary/aromatic N) is 2. The van der Waals surface area contributed by atoms with Crippen molar-refractivity contribution in [1.82, 2.24) is 4.98 Å². The van der Waals surface area contributed by atoms with E-state index in [0.29, 0.717) is 11.3 Å². The van der Waals surface area contributed by atoms with E-state index in [9.17, 15) is 5.26 Å². The Kier molecular flexibility index (Phi) is 3.46. The lowest BCUT2D eigenvalue weighted by molar-refractivity contribution is 1.40. The van der Waals surface area contributed by atoms with E-state index in [1.807, 2.05) is 36.4 Å². The van der Waals surface area contributed by atoms with Gasteiger partial charge in [-0.15, -0.1) is 0 Å². The second kappa shape index (κ2) is 5.43. The third-order valence-corrected chi connectivity index (χ3v) is 3.66. The highest BCUT2D eigenvalue weighted by molar-refractivity contribution is 9.10. The molecule has 5 heteroatoms. The van der Waals surface area contributed by atoms with Gasteiger partial charge in [-0.25, -0.2) is 0 Å². The third-order valence-electron chi connectivity index (χ3n) is 3.17. The first-order valence-electron chi connectivity index (χ1n) is 6.29. The summed E-state index contributed by atoms with van der Waals surface area (Å²) in [5.41, 5.74) is 9.47. The summed E-state index contributed by atoms with van der Waals surface area (Å²) in [4.78, 5) is 4.32. The minimum atomic E-state index is 0.536. The van der Waals surface area contributed by atoms with Crippen molar-refractivity contribution in [2.75, 3.05) is 11.1 Å². The van der Waals surface area contributed by atoms with Gasteiger partial charge in [0.2, 0.25) is 0 Å². The van der Waals surface area contributed by atoms with Gasteiger partial charge in [0.15, 0.2) is 0 Å². The number of hydrogen-bond acceptors (Lipinski definition) is 4. The smallest absolute Gasteiger partial charge is 0.101 e. The first-order chi connectivity index (χ1) is 10.2. The van der Waals surface area contributed by atoms with Crippen molar-refractivity contribution in [3.8, 4) is 6.07 Å². The fraction of sp³-hybridized carbons (Fsp3) is 0. The van der Waals surface area contributed by atoms with E-state index in [0.717, 1.165) is 26.8 Å². The molecule has 1 aromatic heterocycles. The zero-order valence-electron chi connectivity index (χ0n) is 11.0. The van der Waals surface area contributed by atoms with Gasteiger partial charge in [-0.3, -0.25) is 4.98 Å². The topological polar surface area (TPSA) is 74.7 Å². The van der Waals surface area contributed by atoms with E-state index in [-0.39, 0.29) is 0 Å². The highest BCUT2D eigenvalue weighted by Gasteiger charge is 2.09. The van der Waals surface area contributed by atoms with Gasteiger partial charge >= 0.3 is 0 Å². The van der Waals surface area contributed by atoms with Crippen LogP contribution in [-0.4, -0.2) is 4.98 Å². The SMILES string of the molecule is N#Cc1ccccc1Nc1c(N)cnc2ccc(Br)cc12. The molecule has 0 saturated carbocycles. The van der Waals surface area contributed by atoms with Crippen LogP contribution in [0.15, 0.2) is 53.1 Å². The van der Waals surface area contributed by atoms with E-state index in [1.165, 1.54) is 0 Å². The molecule has 0 bridgehead atoms. The van der Waals surface area contributed by atoms with E-state index in [1.54, 1.807) is 12.3 Å². The standard InChI is InChI=1S/C16H11BrN4/c17-11-5-6-15-12(7-11)16(13(19)9-20-15)21-14-4-2-1-3-10(14)8-18/h1-7,9H,19H2,(H,20,21). The van der Waals surface area contributed by atoms with Gasteiger partial charge < -0.3 is 11.1 Å². The molecule has 0 aliphatic heterocycles. The summed E-state index contributed by atoms with van der Waals surface area (Å²) in [5.74, 6) is 0. The Labute approximate surface area is 130 Å². The van der Waals surface area contributed by atoms with Crippen molar-refractivity contribution in [2.24, 2.45) is 0 Å². The Morgan fingerprint density at radius 3 is 2.81 bits per heavy atom. The number of para-hydroxylation sites is 1. The fourth-order valence-corrected chi connectivity index (χ4v) is 2.51. The molecule has 0 atom stereocenters. The molecule has 0 unspecified atom stereocenters. The second-order valence-corrected chi connectivity index (χ2v) is 5.45. The predicted octanol–water partition coefficient (Wildman–Crippen LogP) is 4.19. The number of nitrogens with one attached hydrogen (secondary N) is 1. The lowest BCUT2D eigenvalue weighted by Gasteiger charge is -2.13. The van der Waals surface area contributed by atoms with Crippen LogP contribution in [0.3, 0.4) is 0 Å². The molecule has 4 nitrogen and oxygen atoms in total. The number of nitrogen functional groups attached to an aromatic ring is 1. The molecule has 0 fully saturated rings. The van der Waals surface area contributed by atoms with Crippen molar-refractivity contribution in [2.45, 2.75) is 0 Å². The molecule has 0 spiro atoms. The van der Waals surface area contributed by atoms with E-state index in [2.05, 4.69) is 32.3 Å². The molecule has 1 heterocycles. The zero-order valence-corrected chi connectivity index (χ0v) is 12.6. The van der Waals surface area contributed by atoms with Crippen LogP contribution in [-0.2, 0) is 0 Å². The summed E-state index contributed by atoms with van der Waals surface area (Å²) in [7, 11) is 0. The van der Waals surface area contributed by atoms with Gasteiger partial charge in [0.25, 0.3) is 0 Å². The van der Waals surface area contributed by atoms with Crippen LogP contribution < -0.4 is 11.1 Å². The Morgan fingerprint density at radius 2 is 2.00 bits per heavy atom. The maximum absolute atomic E-state index is 9.18. The lowest BCUT2D eigenvalue weighted by atomic mass is 10.1. The number of hydrogen-bond donors (Lipinski definition) is 2. The van der Waals surface area contributed by atoms with Gasteiger partial charge in [-0.05, 0) is 30.3 Å². The number of anilines is 3. The van der Waals surface area contributed by atoms with Gasteiger partial charge in [0, 0.05) is 9.86 Å². The van der Waals surface area contributed by atoms with Gasteiger partial charge in [0.05, 0.1) is 34.3 Å². The molecular weight excluding hydrogens is 328 g/mol. The maximum Gasteiger partial charge on any atom is 0.101 e. The zero-order chi connectivity index (χ0) is 14.8. The fourth-order valence-electron chi connectivity index (χ4n) is 2.14. The molecule has 0 aliphatic carbocycles. The van der Waals surface area contributed by atoms with Crippen molar-refractivity contribution in [1.29, 1.82) is 5.26 Å². The molecule has 3 N–H and O–H groups in total. The Balaban J connectivity index is 2.18. The third kappa shape index (κ3) is 2.54. The van der Waals surface area contributed by atoms with Crippen molar-refractivity contribution >= 4 is 43.9 Å². The highest BCUT2D eigenvalue weighted by atomic mass is 79.9. The number of aromatic nitrogens is 1. The van der Waals surface area contributed by atoms with Gasteiger partial charge in [-0.1, -0.05) is 28.1 Å². The average Bonchev–Trinajstić information content (AvgIpc) is 2.50. The summed E-state index contributed by atoms with van der Waals surface area (Å²) in [6, 6.07) is 15.3. The Morgan fingerprint density at radius 1 is 1.19 bits per heavy atom. The van der Waals surface area contributed by atoms with Crippen LogP contribution >= 0.6 is 15.9 Å². The molecule has 0 amide bonds. The largest absolute Gasteiger partial charge is 0.396 e. The summed E-state index contributed by atoms with van der Waals surface area (Å²) < 4.78 is 0.944. The molecular formula is C16H11BrN4. The van der Waals surface area contributed by atoms with E-state index >= 15 is 0 Å². The summed E-state index contributed by atoms with van der Waals surface area (Å²) in [6.45, 7) is 0. The van der Waals surface area contributed by atoms with Crippen LogP contribution in [0.4, 0.5) is 17.1 Å². The Hall–Kier alpha value is -2.58. The number of benzene rings is 2. The van der Waals surface area contributed by atoms with E-state index in [4.69, 9.17) is 5.73 Å². The van der Waals surface area contributed by atoms with Crippen LogP contribution in [0, 0.1) is 11.3 Å². The monoisotopic (exact) mass is 338 g/mol. The first kappa shape index (κ1) is 13.4. The molecule has 3 rings (SSSR count). The number of fused-ring (bicyclic) bond motifs is 1. The van der Waals surface area contributed by atoms with Gasteiger partial charge in [-0.2, -0.15) is 5.26 Å². The van der Waals surface area contributed by atoms with Crippen molar-refractivity contribution in [3.63, 3.8) is 0 Å². The van der Waals surface area contributed by atoms with E-state index < -0.39 is 0 Å². The van der Waals surface area contributed by atoms with Crippen LogP contribution in [0.5, 0.6) is 0 Å². The minimum absolute atomic E-state index is 0.536. The Bertz CT molecular complexity index is 863. The average molecular weight is 339 g/mol. The molecule has 102 valence electrons. The van der Waals surface area contributed by atoms with Crippen molar-refractivity contribution in [3.05, 3.63) is 58.7 Å². The first-order valence-corrected chi connectivity index (χ1v) is 7.08. The summed E-state index contributed by atoms with van der Waals surface area (Å²) >= 11 is 3.46. The molecule has 3 aromatic rings. The predicted molar refractivity (Wildman–Crippen MR) is 88.3 cm³/mol. The summed E-state index contributed by atoms with van der Waals surface area (Å²) in [6.07, 6.45) is 1.62. The number of nitrogens with two attached hydrogens (primary N) is 1. The van der Waals surface area contributed by atoms with Gasteiger partial charge in [0.1, 0.15) is 6.07 Å². The number of nitriles is 1. The maximum atomic E-state index is 9.18. The molecule has 0 aliphatic rings. The molecule has 2 aromatic carbocycles.